The molecule has 5 nitrogen and oxygen atoms in total. The van der Waals surface area contributed by atoms with Gasteiger partial charge in [-0.3, -0.25) is 0 Å². The van der Waals surface area contributed by atoms with Crippen LogP contribution in [0.25, 0.3) is 16.6 Å². The Morgan fingerprint density at radius 2 is 1.78 bits per heavy atom. The molecular formula is C19H11F3N2O3. The molecule has 8 heteroatoms. The number of nitrogens with zero attached hydrogens (tertiary/aromatic N) is 2. The number of carbonyl (C=O) groups is 1. The molecule has 0 spiro atoms. The van der Waals surface area contributed by atoms with Gasteiger partial charge in [-0.1, -0.05) is 0 Å². The monoisotopic (exact) mass is 372 g/mol. The first-order valence-corrected chi connectivity index (χ1v) is 7.82. The molecule has 0 aliphatic rings. The van der Waals surface area contributed by atoms with Gasteiger partial charge in [0.1, 0.15) is 11.3 Å². The number of hydrogen-bond donors (Lipinski definition) is 1. The third kappa shape index (κ3) is 3.05. The van der Waals surface area contributed by atoms with E-state index in [1.807, 2.05) is 0 Å². The zero-order valence-electron chi connectivity index (χ0n) is 13.6. The molecule has 27 heavy (non-hydrogen) atoms. The highest BCUT2D eigenvalue weighted by atomic mass is 19.4. The fourth-order valence-electron chi connectivity index (χ4n) is 2.78. The maximum atomic E-state index is 12.7. The lowest BCUT2D eigenvalue weighted by Crippen LogP contribution is -2.04. The number of rotatable bonds is 3. The van der Waals surface area contributed by atoms with Crippen molar-refractivity contribution < 1.29 is 27.8 Å². The number of benzene rings is 2. The Balaban J connectivity index is 1.80. The molecule has 0 aliphatic heterocycles. The zero-order valence-corrected chi connectivity index (χ0v) is 13.6. The van der Waals surface area contributed by atoms with E-state index in [0.717, 1.165) is 12.1 Å². The fraction of sp³-hybridized carbons (Fsp3) is 0.0526. The Hall–Kier alpha value is -3.55. The molecule has 136 valence electrons. The quantitative estimate of drug-likeness (QED) is 0.550. The van der Waals surface area contributed by atoms with Gasteiger partial charge in [-0.15, -0.1) is 0 Å². The molecule has 0 unspecified atom stereocenters. The normalized spacial score (nSPS) is 11.8. The van der Waals surface area contributed by atoms with Crippen LogP contribution in [0.5, 0.6) is 11.6 Å². The second kappa shape index (κ2) is 6.01. The van der Waals surface area contributed by atoms with Gasteiger partial charge in [0.05, 0.1) is 22.2 Å². The largest absolute Gasteiger partial charge is 0.478 e. The van der Waals surface area contributed by atoms with Crippen LogP contribution in [0.15, 0.2) is 60.8 Å². The third-order valence-electron chi connectivity index (χ3n) is 4.07. The number of carboxylic acids is 1. The Morgan fingerprint density at radius 3 is 2.44 bits per heavy atom. The van der Waals surface area contributed by atoms with Gasteiger partial charge in [0.15, 0.2) is 0 Å². The Bertz CT molecular complexity index is 1160. The number of alkyl halides is 3. The van der Waals surface area contributed by atoms with Crippen molar-refractivity contribution in [1.82, 2.24) is 9.38 Å². The highest BCUT2D eigenvalue weighted by molar-refractivity contribution is 5.93. The lowest BCUT2D eigenvalue weighted by molar-refractivity contribution is -0.137. The van der Waals surface area contributed by atoms with Crippen molar-refractivity contribution in [2.24, 2.45) is 0 Å². The van der Waals surface area contributed by atoms with Crippen molar-refractivity contribution in [2.45, 2.75) is 6.18 Å². The zero-order chi connectivity index (χ0) is 19.2. The molecule has 0 saturated heterocycles. The summed E-state index contributed by atoms with van der Waals surface area (Å²) in [6.45, 7) is 0. The number of hydrogen-bond acceptors (Lipinski definition) is 3. The topological polar surface area (TPSA) is 63.8 Å². The summed E-state index contributed by atoms with van der Waals surface area (Å²) in [5.74, 6) is -0.737. The van der Waals surface area contributed by atoms with Crippen LogP contribution < -0.4 is 4.74 Å². The highest BCUT2D eigenvalue weighted by Crippen LogP contribution is 2.32. The van der Waals surface area contributed by atoms with Crippen LogP contribution in [-0.4, -0.2) is 20.5 Å². The number of halogens is 3. The molecule has 0 amide bonds. The van der Waals surface area contributed by atoms with E-state index in [0.29, 0.717) is 16.6 Å². The molecular weight excluding hydrogens is 361 g/mol. The van der Waals surface area contributed by atoms with E-state index in [1.54, 1.807) is 28.8 Å². The van der Waals surface area contributed by atoms with Crippen molar-refractivity contribution in [1.29, 1.82) is 0 Å². The molecule has 4 rings (SSSR count). The fourth-order valence-corrected chi connectivity index (χ4v) is 2.78. The van der Waals surface area contributed by atoms with Crippen LogP contribution in [0, 0.1) is 0 Å². The van der Waals surface area contributed by atoms with Crippen molar-refractivity contribution in [3.63, 3.8) is 0 Å². The average molecular weight is 372 g/mol. The number of aromatic carboxylic acids is 1. The molecule has 2 heterocycles. The molecule has 4 aromatic rings. The van der Waals surface area contributed by atoms with Gasteiger partial charge in [0.2, 0.25) is 5.88 Å². The summed E-state index contributed by atoms with van der Waals surface area (Å²) in [5.41, 5.74) is 0.966. The van der Waals surface area contributed by atoms with Crippen LogP contribution in [0.1, 0.15) is 15.9 Å². The lowest BCUT2D eigenvalue weighted by atomic mass is 10.2. The summed E-state index contributed by atoms with van der Waals surface area (Å²) >= 11 is 0. The third-order valence-corrected chi connectivity index (χ3v) is 4.07. The number of ether oxygens (including phenoxy) is 1. The summed E-state index contributed by atoms with van der Waals surface area (Å²) in [4.78, 5) is 15.5. The summed E-state index contributed by atoms with van der Waals surface area (Å²) < 4.78 is 45.5. The predicted molar refractivity (Wildman–Crippen MR) is 91.2 cm³/mol. The number of aromatic nitrogens is 2. The minimum absolute atomic E-state index is 0.0713. The highest BCUT2D eigenvalue weighted by Gasteiger charge is 2.30. The van der Waals surface area contributed by atoms with Crippen LogP contribution in [0.2, 0.25) is 0 Å². The van der Waals surface area contributed by atoms with Crippen molar-refractivity contribution in [3.8, 4) is 11.6 Å². The Labute approximate surface area is 150 Å². The van der Waals surface area contributed by atoms with Crippen LogP contribution in [-0.2, 0) is 6.18 Å². The van der Waals surface area contributed by atoms with Gasteiger partial charge in [0.25, 0.3) is 0 Å². The first-order valence-electron chi connectivity index (χ1n) is 7.82. The molecule has 0 radical (unpaired) electrons. The summed E-state index contributed by atoms with van der Waals surface area (Å²) in [5, 5.41) is 9.16. The molecule has 0 atom stereocenters. The van der Waals surface area contributed by atoms with Gasteiger partial charge >= 0.3 is 12.1 Å². The minimum Gasteiger partial charge on any atom is -0.478 e. The van der Waals surface area contributed by atoms with Crippen molar-refractivity contribution >= 4 is 22.5 Å². The predicted octanol–water partition coefficient (Wildman–Crippen LogP) is 5.00. The van der Waals surface area contributed by atoms with Gasteiger partial charge < -0.3 is 14.2 Å². The standard InChI is InChI=1S/C19H11F3N2O3/c20-19(21,22)12-4-6-13(7-5-12)27-17-16-2-1-9-24(16)15-8-3-11(18(25)26)10-14(15)23-17/h1-10H,(H,25,26). The van der Waals surface area contributed by atoms with Gasteiger partial charge in [-0.2, -0.15) is 13.2 Å². The van der Waals surface area contributed by atoms with E-state index in [2.05, 4.69) is 4.98 Å². The molecule has 0 fully saturated rings. The van der Waals surface area contributed by atoms with E-state index in [4.69, 9.17) is 9.84 Å². The number of fused-ring (bicyclic) bond motifs is 3. The molecule has 0 bridgehead atoms. The van der Waals surface area contributed by atoms with E-state index < -0.39 is 17.7 Å². The summed E-state index contributed by atoms with van der Waals surface area (Å²) in [6.07, 6.45) is -2.67. The molecule has 2 aromatic carbocycles. The number of carboxylic acid groups (broad SMARTS) is 1. The summed E-state index contributed by atoms with van der Waals surface area (Å²) in [6, 6.07) is 12.3. The first-order chi connectivity index (χ1) is 12.8. The SMILES string of the molecule is O=C(O)c1ccc2c(c1)nc(Oc1ccc(C(F)(F)F)cc1)c1cccn12. The van der Waals surface area contributed by atoms with E-state index in [9.17, 15) is 18.0 Å². The molecule has 0 aliphatic carbocycles. The minimum atomic E-state index is -4.43. The van der Waals surface area contributed by atoms with Gasteiger partial charge in [-0.05, 0) is 54.6 Å². The van der Waals surface area contributed by atoms with Crippen molar-refractivity contribution in [3.05, 3.63) is 71.9 Å². The van der Waals surface area contributed by atoms with Gasteiger partial charge in [-0.25, -0.2) is 9.78 Å². The second-order valence-electron chi connectivity index (χ2n) is 5.81. The van der Waals surface area contributed by atoms with E-state index in [1.165, 1.54) is 24.3 Å². The smallest absolute Gasteiger partial charge is 0.416 e. The van der Waals surface area contributed by atoms with Crippen molar-refractivity contribution in [2.75, 3.05) is 0 Å². The Morgan fingerprint density at radius 1 is 1.04 bits per heavy atom. The van der Waals surface area contributed by atoms with E-state index in [-0.39, 0.29) is 17.2 Å². The van der Waals surface area contributed by atoms with Gasteiger partial charge in [0, 0.05) is 6.20 Å². The summed E-state index contributed by atoms with van der Waals surface area (Å²) in [7, 11) is 0. The maximum Gasteiger partial charge on any atom is 0.416 e. The molecule has 1 N–H and O–H groups in total. The van der Waals surface area contributed by atoms with Crippen LogP contribution >= 0.6 is 0 Å². The lowest BCUT2D eigenvalue weighted by Gasteiger charge is -2.11. The molecule has 0 saturated carbocycles. The second-order valence-corrected chi connectivity index (χ2v) is 5.81. The van der Waals surface area contributed by atoms with Crippen LogP contribution in [0.3, 0.4) is 0 Å². The molecule has 2 aromatic heterocycles. The average Bonchev–Trinajstić information content (AvgIpc) is 3.11. The first kappa shape index (κ1) is 16.9. The maximum absolute atomic E-state index is 12.7. The van der Waals surface area contributed by atoms with Crippen LogP contribution in [0.4, 0.5) is 13.2 Å². The van der Waals surface area contributed by atoms with E-state index >= 15 is 0 Å². The Kier molecular flexibility index (Phi) is 3.76.